The van der Waals surface area contributed by atoms with Crippen molar-refractivity contribution in [3.63, 3.8) is 0 Å². The number of aromatic nitrogens is 7. The first kappa shape index (κ1) is 27.4. The number of carbonyl (C=O) groups is 2. The molecule has 5 aromatic rings. The Bertz CT molecular complexity index is 1780. The Kier molecular flexibility index (Phi) is 7.66. The average Bonchev–Trinajstić information content (AvgIpc) is 3.53. The molecule has 2 amide bonds. The predicted molar refractivity (Wildman–Crippen MR) is 154 cm³/mol. The summed E-state index contributed by atoms with van der Waals surface area (Å²) in [7, 11) is 0. The normalized spacial score (nSPS) is 11.0. The Morgan fingerprint density at radius 1 is 1.05 bits per heavy atom. The number of nitrogens with two attached hydrogens (primary N) is 1. The first-order valence-corrected chi connectivity index (χ1v) is 13.3. The van der Waals surface area contributed by atoms with E-state index in [4.69, 9.17) is 28.9 Å². The first-order valence-electron chi connectivity index (χ1n) is 11.8. The van der Waals surface area contributed by atoms with Gasteiger partial charge in [-0.05, 0) is 78.7 Å². The van der Waals surface area contributed by atoms with Gasteiger partial charge in [0.25, 0.3) is 11.8 Å². The van der Waals surface area contributed by atoms with Gasteiger partial charge in [0, 0.05) is 21.3 Å². The van der Waals surface area contributed by atoms with Gasteiger partial charge in [-0.3, -0.25) is 9.59 Å². The van der Waals surface area contributed by atoms with Crippen molar-refractivity contribution in [1.82, 2.24) is 35.0 Å². The van der Waals surface area contributed by atoms with Gasteiger partial charge in [0.2, 0.25) is 5.82 Å². The van der Waals surface area contributed by atoms with Gasteiger partial charge in [-0.15, -0.1) is 10.2 Å². The predicted octanol–water partition coefficient (Wildman–Crippen LogP) is 5.01. The lowest BCUT2D eigenvalue weighted by Crippen LogP contribution is -2.21. The minimum Gasteiger partial charge on any atom is -0.366 e. The molecule has 0 fully saturated rings. The summed E-state index contributed by atoms with van der Waals surface area (Å²) in [6, 6.07) is 13.6. The smallest absolute Gasteiger partial charge is 0.274 e. The summed E-state index contributed by atoms with van der Waals surface area (Å²) >= 11 is 16.0. The molecule has 11 nitrogen and oxygen atoms in total. The number of halogens is 3. The zero-order chi connectivity index (χ0) is 28.6. The number of anilines is 1. The van der Waals surface area contributed by atoms with Crippen LogP contribution in [0, 0.1) is 13.8 Å². The monoisotopic (exact) mass is 639 g/mol. The number of amides is 2. The van der Waals surface area contributed by atoms with Gasteiger partial charge in [0.1, 0.15) is 12.2 Å². The topological polar surface area (TPSA) is 146 Å². The van der Waals surface area contributed by atoms with Gasteiger partial charge in [-0.2, -0.15) is 9.90 Å². The maximum atomic E-state index is 13.6. The molecular formula is C26H20BrCl2N9O2. The molecule has 0 atom stereocenters. The number of pyridine rings is 1. The molecule has 2 aromatic carbocycles. The molecule has 0 aliphatic rings. The summed E-state index contributed by atoms with van der Waals surface area (Å²) in [5, 5.41) is 20.7. The van der Waals surface area contributed by atoms with Crippen molar-refractivity contribution in [1.29, 1.82) is 0 Å². The van der Waals surface area contributed by atoms with Crippen LogP contribution in [0.4, 0.5) is 5.69 Å². The van der Waals surface area contributed by atoms with Gasteiger partial charge >= 0.3 is 0 Å². The third-order valence-corrected chi connectivity index (χ3v) is 6.93. The van der Waals surface area contributed by atoms with Crippen LogP contribution in [0.2, 0.25) is 10.0 Å². The van der Waals surface area contributed by atoms with E-state index < -0.39 is 11.8 Å². The second kappa shape index (κ2) is 11.2. The highest BCUT2D eigenvalue weighted by Gasteiger charge is 2.23. The maximum absolute atomic E-state index is 13.6. The molecule has 0 aliphatic heterocycles. The van der Waals surface area contributed by atoms with Crippen LogP contribution in [0.1, 0.15) is 37.7 Å². The summed E-state index contributed by atoms with van der Waals surface area (Å²) in [6.07, 6.45) is 1.53. The number of tetrazole rings is 1. The van der Waals surface area contributed by atoms with Crippen molar-refractivity contribution < 1.29 is 9.59 Å². The lowest BCUT2D eigenvalue weighted by Gasteiger charge is -2.13. The van der Waals surface area contributed by atoms with E-state index in [1.807, 2.05) is 25.1 Å². The minimum atomic E-state index is -0.739. The molecule has 3 N–H and O–H groups in total. The summed E-state index contributed by atoms with van der Waals surface area (Å²) in [5.41, 5.74) is 8.75. The summed E-state index contributed by atoms with van der Waals surface area (Å²) < 4.78 is 2.27. The van der Waals surface area contributed by atoms with Crippen molar-refractivity contribution in [2.75, 3.05) is 5.32 Å². The second-order valence-corrected chi connectivity index (χ2v) is 10.6. The van der Waals surface area contributed by atoms with E-state index in [2.05, 4.69) is 46.7 Å². The SMILES string of the molecule is Cc1cc(Br)ccc1-c1nnn(Cc2cc(C(=O)Nc3c(C)cc(Cl)cc3C(N)=O)n(-c3ncccc3Cl)n2)n1. The third kappa shape index (κ3) is 5.60. The Balaban J connectivity index is 1.51. The Morgan fingerprint density at radius 3 is 2.58 bits per heavy atom. The number of aryl methyl sites for hydroxylation is 2. The number of rotatable bonds is 7. The number of benzene rings is 2. The highest BCUT2D eigenvalue weighted by molar-refractivity contribution is 9.10. The molecule has 0 bridgehead atoms. The summed E-state index contributed by atoms with van der Waals surface area (Å²) in [5.74, 6) is -0.628. The van der Waals surface area contributed by atoms with Gasteiger partial charge in [-0.1, -0.05) is 39.1 Å². The number of carbonyl (C=O) groups excluding carboxylic acids is 2. The fourth-order valence-electron chi connectivity index (χ4n) is 4.09. The summed E-state index contributed by atoms with van der Waals surface area (Å²) in [4.78, 5) is 31.3. The molecule has 5 rings (SSSR count). The van der Waals surface area contributed by atoms with Crippen LogP contribution >= 0.6 is 39.1 Å². The van der Waals surface area contributed by atoms with Crippen LogP contribution in [0.5, 0.6) is 0 Å². The summed E-state index contributed by atoms with van der Waals surface area (Å²) in [6.45, 7) is 3.76. The van der Waals surface area contributed by atoms with E-state index in [1.165, 1.54) is 21.7 Å². The Labute approximate surface area is 246 Å². The molecule has 0 saturated carbocycles. The lowest BCUT2D eigenvalue weighted by molar-refractivity contribution is 0.100. The van der Waals surface area contributed by atoms with Crippen LogP contribution in [0.3, 0.4) is 0 Å². The Morgan fingerprint density at radius 2 is 1.85 bits per heavy atom. The molecule has 202 valence electrons. The number of hydrogen-bond acceptors (Lipinski definition) is 7. The van der Waals surface area contributed by atoms with Crippen molar-refractivity contribution in [3.05, 3.63) is 97.3 Å². The van der Waals surface area contributed by atoms with E-state index in [1.54, 1.807) is 31.2 Å². The third-order valence-electron chi connectivity index (χ3n) is 5.92. The highest BCUT2D eigenvalue weighted by atomic mass is 79.9. The van der Waals surface area contributed by atoms with Gasteiger partial charge in [0.05, 0.1) is 22.0 Å². The van der Waals surface area contributed by atoms with Crippen molar-refractivity contribution in [3.8, 4) is 17.2 Å². The molecular weight excluding hydrogens is 621 g/mol. The minimum absolute atomic E-state index is 0.0723. The molecule has 0 radical (unpaired) electrons. The van der Waals surface area contributed by atoms with E-state index in [9.17, 15) is 9.59 Å². The molecule has 3 heterocycles. The molecule has 0 spiro atoms. The number of nitrogens with zero attached hydrogens (tertiary/aromatic N) is 7. The first-order chi connectivity index (χ1) is 19.1. The van der Waals surface area contributed by atoms with E-state index in [0.717, 1.165) is 15.6 Å². The zero-order valence-corrected chi connectivity index (χ0v) is 24.2. The molecule has 0 saturated heterocycles. The number of primary amides is 1. The van der Waals surface area contributed by atoms with Crippen LogP contribution < -0.4 is 11.1 Å². The van der Waals surface area contributed by atoms with Gasteiger partial charge in [-0.25, -0.2) is 9.67 Å². The fourth-order valence-corrected chi connectivity index (χ4v) is 5.04. The van der Waals surface area contributed by atoms with Crippen molar-refractivity contribution in [2.24, 2.45) is 5.73 Å². The molecule has 40 heavy (non-hydrogen) atoms. The second-order valence-electron chi connectivity index (χ2n) is 8.81. The fraction of sp³-hybridized carbons (Fsp3) is 0.115. The maximum Gasteiger partial charge on any atom is 0.274 e. The van der Waals surface area contributed by atoms with Crippen LogP contribution in [-0.4, -0.2) is 46.8 Å². The lowest BCUT2D eigenvalue weighted by atomic mass is 10.1. The quantitative estimate of drug-likeness (QED) is 0.254. The standard InChI is InChI=1S/C26H20BrCl2N9O2/c1-13-8-15(27)5-6-18(13)24-33-36-37(35-24)12-17-11-21(38(34-17)25-20(29)4-3-7-31-25)26(40)32-22-14(2)9-16(28)10-19(22)23(30)39/h3-11H,12H2,1-2H3,(H2,30,39)(H,32,40). The van der Waals surface area contributed by atoms with Crippen LogP contribution in [-0.2, 0) is 6.54 Å². The van der Waals surface area contributed by atoms with Crippen LogP contribution in [0.15, 0.2) is 59.2 Å². The molecule has 0 unspecified atom stereocenters. The molecule has 0 aliphatic carbocycles. The van der Waals surface area contributed by atoms with Crippen molar-refractivity contribution >= 4 is 56.6 Å². The molecule has 14 heteroatoms. The largest absolute Gasteiger partial charge is 0.366 e. The highest BCUT2D eigenvalue weighted by Crippen LogP contribution is 2.27. The van der Waals surface area contributed by atoms with E-state index in [0.29, 0.717) is 22.1 Å². The van der Waals surface area contributed by atoms with E-state index >= 15 is 0 Å². The van der Waals surface area contributed by atoms with Crippen molar-refractivity contribution in [2.45, 2.75) is 20.4 Å². The van der Waals surface area contributed by atoms with Gasteiger partial charge in [0.15, 0.2) is 5.82 Å². The average molecular weight is 641 g/mol. The van der Waals surface area contributed by atoms with Crippen LogP contribution in [0.25, 0.3) is 17.2 Å². The Hall–Kier alpha value is -4.13. The molecule has 3 aromatic heterocycles. The van der Waals surface area contributed by atoms with E-state index in [-0.39, 0.29) is 34.3 Å². The zero-order valence-electron chi connectivity index (χ0n) is 21.1. The number of hydrogen-bond donors (Lipinski definition) is 2. The number of nitrogens with one attached hydrogen (secondary N) is 1. The van der Waals surface area contributed by atoms with Gasteiger partial charge < -0.3 is 11.1 Å².